The number of aromatic hydroxyl groups is 2. The van der Waals surface area contributed by atoms with Crippen LogP contribution in [0.5, 0.6) is 11.5 Å². The van der Waals surface area contributed by atoms with Crippen LogP contribution in [-0.2, 0) is 5.88 Å². The van der Waals surface area contributed by atoms with Crippen molar-refractivity contribution in [1.29, 1.82) is 0 Å². The first-order valence-electron chi connectivity index (χ1n) is 4.58. The highest BCUT2D eigenvalue weighted by Crippen LogP contribution is 2.43. The average molecular weight is 318 g/mol. The van der Waals surface area contributed by atoms with Crippen LogP contribution in [0, 0.1) is 0 Å². The number of hydrogen-bond donors (Lipinski definition) is 2. The summed E-state index contributed by atoms with van der Waals surface area (Å²) in [4.78, 5) is 23.2. The Hall–Kier alpha value is -1.33. The molecule has 1 aromatic carbocycles. The number of phenolic OH excluding ortho intramolecular Hbond substituents is 2. The van der Waals surface area contributed by atoms with Gasteiger partial charge in [0.1, 0.15) is 11.5 Å². The molecule has 0 fully saturated rings. The maximum absolute atomic E-state index is 11.6. The molecule has 0 aromatic heterocycles. The molecular weight excluding hydrogens is 311 g/mol. The molecule has 6 heteroatoms. The molecule has 1 aliphatic rings. The van der Waals surface area contributed by atoms with E-state index in [4.69, 9.17) is 11.6 Å². The lowest BCUT2D eigenvalue weighted by molar-refractivity contribution is 0.0989. The van der Waals surface area contributed by atoms with Gasteiger partial charge in [0.05, 0.1) is 21.5 Å². The van der Waals surface area contributed by atoms with E-state index < -0.39 is 11.6 Å². The SMILES string of the molecule is O=C1C=CC(=O)c2c(O)c(CCl)c(Br)c(O)c21. The molecule has 0 saturated carbocycles. The highest BCUT2D eigenvalue weighted by atomic mass is 79.9. The van der Waals surface area contributed by atoms with Gasteiger partial charge in [-0.3, -0.25) is 9.59 Å². The number of benzene rings is 1. The molecule has 4 nitrogen and oxygen atoms in total. The fourth-order valence-corrected chi connectivity index (χ4v) is 2.61. The van der Waals surface area contributed by atoms with Crippen molar-refractivity contribution in [2.75, 3.05) is 0 Å². The van der Waals surface area contributed by atoms with Crippen LogP contribution in [-0.4, -0.2) is 21.8 Å². The number of carbonyl (C=O) groups excluding carboxylic acids is 2. The molecular formula is C11H6BrClO4. The lowest BCUT2D eigenvalue weighted by atomic mass is 9.91. The van der Waals surface area contributed by atoms with Gasteiger partial charge in [-0.05, 0) is 28.1 Å². The van der Waals surface area contributed by atoms with Crippen LogP contribution < -0.4 is 0 Å². The van der Waals surface area contributed by atoms with Gasteiger partial charge in [-0.25, -0.2) is 0 Å². The van der Waals surface area contributed by atoms with Gasteiger partial charge in [0.25, 0.3) is 0 Å². The summed E-state index contributed by atoms with van der Waals surface area (Å²) in [5.41, 5.74) is -0.219. The Balaban J connectivity index is 2.91. The number of alkyl halides is 1. The summed E-state index contributed by atoms with van der Waals surface area (Å²) in [6.45, 7) is 0. The Labute approximate surface area is 110 Å². The zero-order chi connectivity index (χ0) is 12.7. The van der Waals surface area contributed by atoms with E-state index in [0.29, 0.717) is 0 Å². The molecule has 0 atom stereocenters. The molecule has 0 unspecified atom stereocenters. The Morgan fingerprint density at radius 1 is 1.06 bits per heavy atom. The fraction of sp³-hybridized carbons (Fsp3) is 0.0909. The summed E-state index contributed by atoms with van der Waals surface area (Å²) < 4.78 is 0.125. The van der Waals surface area contributed by atoms with Gasteiger partial charge in [-0.15, -0.1) is 11.6 Å². The van der Waals surface area contributed by atoms with Crippen LogP contribution in [0.3, 0.4) is 0 Å². The minimum Gasteiger partial charge on any atom is -0.507 e. The number of fused-ring (bicyclic) bond motifs is 1. The molecule has 2 rings (SSSR count). The topological polar surface area (TPSA) is 74.6 Å². The molecule has 0 heterocycles. The lowest BCUT2D eigenvalue weighted by Gasteiger charge is -2.16. The maximum atomic E-state index is 11.6. The quantitative estimate of drug-likeness (QED) is 0.616. The van der Waals surface area contributed by atoms with Gasteiger partial charge in [0.2, 0.25) is 0 Å². The zero-order valence-corrected chi connectivity index (χ0v) is 10.7. The van der Waals surface area contributed by atoms with Gasteiger partial charge in [0, 0.05) is 5.56 Å². The predicted molar refractivity (Wildman–Crippen MR) is 64.8 cm³/mol. The van der Waals surface area contributed by atoms with Crippen molar-refractivity contribution < 1.29 is 19.8 Å². The highest BCUT2D eigenvalue weighted by molar-refractivity contribution is 9.10. The molecule has 0 saturated heterocycles. The Morgan fingerprint density at radius 3 is 2.00 bits per heavy atom. The number of hydrogen-bond acceptors (Lipinski definition) is 4. The van der Waals surface area contributed by atoms with Gasteiger partial charge < -0.3 is 10.2 Å². The first-order chi connectivity index (χ1) is 7.99. The Bertz CT molecular complexity index is 578. The van der Waals surface area contributed by atoms with Gasteiger partial charge in [-0.2, -0.15) is 0 Å². The van der Waals surface area contributed by atoms with Crippen LogP contribution in [0.2, 0.25) is 0 Å². The number of ketones is 2. The van der Waals surface area contributed by atoms with Crippen molar-refractivity contribution in [2.45, 2.75) is 5.88 Å². The summed E-state index contributed by atoms with van der Waals surface area (Å²) in [7, 11) is 0. The normalized spacial score (nSPS) is 14.0. The molecule has 17 heavy (non-hydrogen) atoms. The highest BCUT2D eigenvalue weighted by Gasteiger charge is 2.30. The first kappa shape index (κ1) is 12.1. The number of carbonyl (C=O) groups is 2. The molecule has 1 aliphatic carbocycles. The summed E-state index contributed by atoms with van der Waals surface area (Å²) in [6.07, 6.45) is 2.10. The van der Waals surface area contributed by atoms with E-state index in [9.17, 15) is 19.8 Å². The van der Waals surface area contributed by atoms with E-state index in [-0.39, 0.29) is 38.5 Å². The van der Waals surface area contributed by atoms with E-state index in [1.54, 1.807) is 0 Å². The molecule has 0 amide bonds. The van der Waals surface area contributed by atoms with E-state index in [1.807, 2.05) is 0 Å². The molecule has 1 aromatic rings. The average Bonchev–Trinajstić information content (AvgIpc) is 2.30. The smallest absolute Gasteiger partial charge is 0.190 e. The monoisotopic (exact) mass is 316 g/mol. The lowest BCUT2D eigenvalue weighted by Crippen LogP contribution is -2.13. The largest absolute Gasteiger partial charge is 0.507 e. The number of phenols is 2. The number of allylic oxidation sites excluding steroid dienone is 2. The summed E-state index contributed by atoms with van der Waals surface area (Å²) in [6, 6.07) is 0. The Morgan fingerprint density at radius 2 is 1.53 bits per heavy atom. The van der Waals surface area contributed by atoms with Crippen molar-refractivity contribution in [2.24, 2.45) is 0 Å². The second-order valence-corrected chi connectivity index (χ2v) is 4.50. The van der Waals surface area contributed by atoms with Crippen LogP contribution >= 0.6 is 27.5 Å². The minimum absolute atomic E-state index is 0.0988. The number of halogens is 2. The molecule has 0 radical (unpaired) electrons. The molecule has 0 bridgehead atoms. The van der Waals surface area contributed by atoms with Crippen molar-refractivity contribution in [1.82, 2.24) is 0 Å². The van der Waals surface area contributed by atoms with Crippen LogP contribution in [0.15, 0.2) is 16.6 Å². The molecule has 2 N–H and O–H groups in total. The van der Waals surface area contributed by atoms with Crippen LogP contribution in [0.25, 0.3) is 0 Å². The molecule has 0 spiro atoms. The van der Waals surface area contributed by atoms with Gasteiger partial charge >= 0.3 is 0 Å². The Kier molecular flexibility index (Phi) is 2.97. The van der Waals surface area contributed by atoms with E-state index in [2.05, 4.69) is 15.9 Å². The van der Waals surface area contributed by atoms with Crippen LogP contribution in [0.1, 0.15) is 26.3 Å². The van der Waals surface area contributed by atoms with Crippen molar-refractivity contribution in [3.05, 3.63) is 33.3 Å². The van der Waals surface area contributed by atoms with Crippen molar-refractivity contribution in [3.8, 4) is 11.5 Å². The first-order valence-corrected chi connectivity index (χ1v) is 5.90. The third kappa shape index (κ3) is 1.66. The van der Waals surface area contributed by atoms with Crippen molar-refractivity contribution >= 4 is 39.1 Å². The second-order valence-electron chi connectivity index (χ2n) is 3.44. The molecule has 0 aliphatic heterocycles. The van der Waals surface area contributed by atoms with Gasteiger partial charge in [-0.1, -0.05) is 0 Å². The predicted octanol–water partition coefficient (Wildman–Crippen LogP) is 2.53. The second kappa shape index (κ2) is 4.16. The fourth-order valence-electron chi connectivity index (χ4n) is 1.66. The van der Waals surface area contributed by atoms with Crippen LogP contribution in [0.4, 0.5) is 0 Å². The molecule has 88 valence electrons. The van der Waals surface area contributed by atoms with E-state index in [0.717, 1.165) is 12.2 Å². The van der Waals surface area contributed by atoms with Crippen molar-refractivity contribution in [3.63, 3.8) is 0 Å². The van der Waals surface area contributed by atoms with E-state index in [1.165, 1.54) is 0 Å². The summed E-state index contributed by atoms with van der Waals surface area (Å²) in [5.74, 6) is -1.92. The third-order valence-corrected chi connectivity index (χ3v) is 3.62. The minimum atomic E-state index is -0.536. The maximum Gasteiger partial charge on any atom is 0.190 e. The van der Waals surface area contributed by atoms with Gasteiger partial charge in [0.15, 0.2) is 11.6 Å². The summed E-state index contributed by atoms with van der Waals surface area (Å²) in [5, 5.41) is 19.7. The van der Waals surface area contributed by atoms with E-state index >= 15 is 0 Å². The zero-order valence-electron chi connectivity index (χ0n) is 8.33. The third-order valence-electron chi connectivity index (χ3n) is 2.49. The summed E-state index contributed by atoms with van der Waals surface area (Å²) >= 11 is 8.66. The number of rotatable bonds is 1. The standard InChI is InChI=1S/C11H6BrClO4/c12-9-4(3-13)10(16)7-5(14)1-2-6(15)8(7)11(9)17/h1-2,16-17H,3H2.